The number of benzene rings is 2. The van der Waals surface area contributed by atoms with Crippen LogP contribution >= 0.6 is 0 Å². The lowest BCUT2D eigenvalue weighted by atomic mass is 10.0. The Bertz CT molecular complexity index is 1160. The van der Waals surface area contributed by atoms with Crippen molar-refractivity contribution in [2.24, 2.45) is 5.92 Å². The molecule has 210 valence electrons. The van der Waals surface area contributed by atoms with Crippen LogP contribution in [0.15, 0.2) is 48.5 Å². The first-order valence-electron chi connectivity index (χ1n) is 12.9. The zero-order chi connectivity index (χ0) is 28.4. The summed E-state index contributed by atoms with van der Waals surface area (Å²) in [5, 5.41) is 11.0. The molecule has 0 unspecified atom stereocenters. The fraction of sp³-hybridized carbons (Fsp3) is 0.429. The van der Waals surface area contributed by atoms with Crippen LogP contribution in [0.4, 0.5) is 4.39 Å². The van der Waals surface area contributed by atoms with Crippen molar-refractivity contribution in [1.82, 2.24) is 21.3 Å². The third-order valence-corrected chi connectivity index (χ3v) is 6.04. The van der Waals surface area contributed by atoms with Crippen LogP contribution in [0.5, 0.6) is 11.5 Å². The molecular formula is C28H35FN4O6. The average molecular weight is 543 g/mol. The maximum absolute atomic E-state index is 13.2. The number of hydrogen-bond donors (Lipinski definition) is 4. The largest absolute Gasteiger partial charge is 0.492 e. The SMILES string of the molecule is CC(C)[C@H]1NC(=O)CC[C@@H](C(=O)NCCOc2ccc(F)cc2)NC(=O)c2ccccc2OC[C@H](C)NC1=O. The molecule has 2 aromatic carbocycles. The Kier molecular flexibility index (Phi) is 10.7. The summed E-state index contributed by atoms with van der Waals surface area (Å²) in [7, 11) is 0. The molecule has 39 heavy (non-hydrogen) atoms. The molecule has 0 aromatic heterocycles. The van der Waals surface area contributed by atoms with Crippen LogP contribution in [0.1, 0.15) is 44.0 Å². The quantitative estimate of drug-likeness (QED) is 0.412. The van der Waals surface area contributed by atoms with Gasteiger partial charge in [0.1, 0.15) is 42.6 Å². The van der Waals surface area contributed by atoms with E-state index in [0.717, 1.165) is 0 Å². The molecule has 1 aliphatic rings. The second-order valence-electron chi connectivity index (χ2n) is 9.66. The highest BCUT2D eigenvalue weighted by molar-refractivity contribution is 5.99. The van der Waals surface area contributed by atoms with Gasteiger partial charge in [0.25, 0.3) is 5.91 Å². The van der Waals surface area contributed by atoms with E-state index in [9.17, 15) is 23.6 Å². The van der Waals surface area contributed by atoms with Gasteiger partial charge in [-0.25, -0.2) is 4.39 Å². The van der Waals surface area contributed by atoms with Gasteiger partial charge in [-0.05, 0) is 55.7 Å². The lowest BCUT2D eigenvalue weighted by molar-refractivity contribution is -0.131. The summed E-state index contributed by atoms with van der Waals surface area (Å²) in [4.78, 5) is 51.8. The Balaban J connectivity index is 1.74. The van der Waals surface area contributed by atoms with E-state index in [1.54, 1.807) is 31.2 Å². The van der Waals surface area contributed by atoms with Crippen LogP contribution in [0, 0.1) is 11.7 Å². The maximum Gasteiger partial charge on any atom is 0.255 e. The van der Waals surface area contributed by atoms with Crippen molar-refractivity contribution in [1.29, 1.82) is 0 Å². The fourth-order valence-corrected chi connectivity index (χ4v) is 3.93. The van der Waals surface area contributed by atoms with Gasteiger partial charge in [0.15, 0.2) is 0 Å². The van der Waals surface area contributed by atoms with E-state index in [1.807, 2.05) is 13.8 Å². The normalized spacial score (nSPS) is 20.7. The maximum atomic E-state index is 13.2. The monoisotopic (exact) mass is 542 g/mol. The van der Waals surface area contributed by atoms with Crippen LogP contribution in [-0.4, -0.2) is 61.5 Å². The number of rotatable bonds is 6. The van der Waals surface area contributed by atoms with Crippen molar-refractivity contribution in [3.63, 3.8) is 0 Å². The smallest absolute Gasteiger partial charge is 0.255 e. The van der Waals surface area contributed by atoms with E-state index in [-0.39, 0.29) is 55.8 Å². The van der Waals surface area contributed by atoms with Gasteiger partial charge in [0.2, 0.25) is 17.7 Å². The topological polar surface area (TPSA) is 135 Å². The number of carbonyl (C=O) groups excluding carboxylic acids is 4. The number of ether oxygens (including phenoxy) is 2. The number of hydrogen-bond acceptors (Lipinski definition) is 6. The lowest BCUT2D eigenvalue weighted by Crippen LogP contribution is -2.53. The van der Waals surface area contributed by atoms with Crippen molar-refractivity contribution in [2.75, 3.05) is 19.8 Å². The van der Waals surface area contributed by atoms with E-state index in [1.165, 1.54) is 24.3 Å². The predicted molar refractivity (Wildman–Crippen MR) is 142 cm³/mol. The minimum Gasteiger partial charge on any atom is -0.492 e. The predicted octanol–water partition coefficient (Wildman–Crippen LogP) is 1.94. The Hall–Kier alpha value is -4.15. The van der Waals surface area contributed by atoms with Gasteiger partial charge in [0, 0.05) is 6.42 Å². The zero-order valence-corrected chi connectivity index (χ0v) is 22.3. The molecule has 2 aromatic rings. The highest BCUT2D eigenvalue weighted by Gasteiger charge is 2.28. The first-order chi connectivity index (χ1) is 18.6. The number of halogens is 1. The van der Waals surface area contributed by atoms with Crippen LogP contribution in [0.25, 0.3) is 0 Å². The average Bonchev–Trinajstić information content (AvgIpc) is 2.91. The van der Waals surface area contributed by atoms with Gasteiger partial charge in [-0.15, -0.1) is 0 Å². The lowest BCUT2D eigenvalue weighted by Gasteiger charge is -2.24. The van der Waals surface area contributed by atoms with Gasteiger partial charge in [-0.1, -0.05) is 26.0 Å². The zero-order valence-electron chi connectivity index (χ0n) is 22.3. The van der Waals surface area contributed by atoms with Gasteiger partial charge in [-0.3, -0.25) is 19.2 Å². The first-order valence-corrected chi connectivity index (χ1v) is 12.9. The van der Waals surface area contributed by atoms with E-state index in [2.05, 4.69) is 21.3 Å². The highest BCUT2D eigenvalue weighted by Crippen LogP contribution is 2.19. The van der Waals surface area contributed by atoms with Gasteiger partial charge >= 0.3 is 0 Å². The molecule has 1 aliphatic heterocycles. The molecule has 0 aliphatic carbocycles. The molecule has 0 spiro atoms. The molecule has 4 amide bonds. The summed E-state index contributed by atoms with van der Waals surface area (Å²) >= 11 is 0. The van der Waals surface area contributed by atoms with Gasteiger partial charge < -0.3 is 30.7 Å². The Morgan fingerprint density at radius 3 is 2.51 bits per heavy atom. The molecule has 0 saturated heterocycles. The highest BCUT2D eigenvalue weighted by atomic mass is 19.1. The number of amides is 4. The van der Waals surface area contributed by atoms with E-state index >= 15 is 0 Å². The van der Waals surface area contributed by atoms with Crippen molar-refractivity contribution < 1.29 is 33.0 Å². The first kappa shape index (κ1) is 29.4. The van der Waals surface area contributed by atoms with E-state index in [4.69, 9.17) is 9.47 Å². The summed E-state index contributed by atoms with van der Waals surface area (Å²) < 4.78 is 24.4. The minimum absolute atomic E-state index is 0.00587. The van der Waals surface area contributed by atoms with Crippen LogP contribution in [0.2, 0.25) is 0 Å². The molecule has 10 nitrogen and oxygen atoms in total. The summed E-state index contributed by atoms with van der Waals surface area (Å²) in [6.07, 6.45) is -0.108. The van der Waals surface area contributed by atoms with Crippen molar-refractivity contribution in [3.05, 3.63) is 59.9 Å². The third kappa shape index (κ3) is 8.98. The molecule has 1 heterocycles. The third-order valence-electron chi connectivity index (χ3n) is 6.04. The number of nitrogens with one attached hydrogen (secondary N) is 4. The molecular weight excluding hydrogens is 507 g/mol. The molecule has 0 saturated carbocycles. The molecule has 0 fully saturated rings. The van der Waals surface area contributed by atoms with E-state index < -0.39 is 35.8 Å². The van der Waals surface area contributed by atoms with Gasteiger partial charge in [0.05, 0.1) is 18.2 Å². The molecule has 3 atom stereocenters. The summed E-state index contributed by atoms with van der Waals surface area (Å²) in [6.45, 7) is 5.71. The van der Waals surface area contributed by atoms with E-state index in [0.29, 0.717) is 11.5 Å². The Morgan fingerprint density at radius 1 is 1.08 bits per heavy atom. The number of para-hydroxylation sites is 1. The number of fused-ring (bicyclic) bond motifs is 1. The second kappa shape index (κ2) is 14.1. The van der Waals surface area contributed by atoms with Crippen molar-refractivity contribution in [3.8, 4) is 11.5 Å². The Labute approximate surface area is 227 Å². The summed E-state index contributed by atoms with van der Waals surface area (Å²) in [5.74, 6) is -1.64. The van der Waals surface area contributed by atoms with Crippen LogP contribution in [0.3, 0.4) is 0 Å². The van der Waals surface area contributed by atoms with Crippen molar-refractivity contribution in [2.45, 2.75) is 51.7 Å². The minimum atomic E-state index is -1.04. The van der Waals surface area contributed by atoms with Crippen LogP contribution < -0.4 is 30.7 Å². The number of carbonyl (C=O) groups is 4. The molecule has 11 heteroatoms. The Morgan fingerprint density at radius 2 is 1.79 bits per heavy atom. The second-order valence-corrected chi connectivity index (χ2v) is 9.66. The van der Waals surface area contributed by atoms with Crippen molar-refractivity contribution >= 4 is 23.6 Å². The summed E-state index contributed by atoms with van der Waals surface area (Å²) in [6, 6.07) is 9.85. The fourth-order valence-electron chi connectivity index (χ4n) is 3.93. The van der Waals surface area contributed by atoms with Crippen LogP contribution in [-0.2, 0) is 14.4 Å². The standard InChI is InChI=1S/C28H35FN4O6/c1-17(2)25-28(37)31-18(3)16-39-23-7-5-4-6-21(23)26(35)32-22(12-13-24(34)33-25)27(36)30-14-15-38-20-10-8-19(29)9-11-20/h4-11,17-18,22,25H,12-16H2,1-3H3,(H,30,36)(H,31,37)(H,32,35)(H,33,34)/t18-,22-,25+/m0/s1. The molecule has 4 N–H and O–H groups in total. The molecule has 3 rings (SSSR count). The summed E-state index contributed by atoms with van der Waals surface area (Å²) in [5.41, 5.74) is 0.216. The molecule has 0 bridgehead atoms. The van der Waals surface area contributed by atoms with Gasteiger partial charge in [-0.2, -0.15) is 0 Å². The molecule has 0 radical (unpaired) electrons.